The molecule has 2 aromatic carbocycles. The quantitative estimate of drug-likeness (QED) is 0.374. The van der Waals surface area contributed by atoms with Gasteiger partial charge in [0.05, 0.1) is 26.3 Å². The van der Waals surface area contributed by atoms with Gasteiger partial charge in [-0.1, -0.05) is 0 Å². The fourth-order valence-corrected chi connectivity index (χ4v) is 2.62. The summed E-state index contributed by atoms with van der Waals surface area (Å²) in [7, 11) is 4.32. The second kappa shape index (κ2) is 10.1. The second-order valence-electron chi connectivity index (χ2n) is 6.12. The Kier molecular flexibility index (Phi) is 7.56. The Hall–Kier alpha value is -3.82. The molecule has 0 aliphatic carbocycles. The third kappa shape index (κ3) is 5.37. The lowest BCUT2D eigenvalue weighted by molar-refractivity contribution is -0.385. The number of nitro groups is 1. The van der Waals surface area contributed by atoms with E-state index in [0.29, 0.717) is 11.5 Å². The number of amides is 1. The maximum Gasteiger partial charge on any atom is 0.325 e. The highest BCUT2D eigenvalue weighted by Crippen LogP contribution is 2.30. The zero-order valence-electron chi connectivity index (χ0n) is 17.0. The molecule has 0 saturated heterocycles. The van der Waals surface area contributed by atoms with Gasteiger partial charge in [-0.2, -0.15) is 0 Å². The van der Waals surface area contributed by atoms with Crippen molar-refractivity contribution in [2.45, 2.75) is 13.5 Å². The molecule has 10 heteroatoms. The number of carbonyl (C=O) groups excluding carboxylic acids is 2. The molecule has 0 bridgehead atoms. The average molecular weight is 418 g/mol. The van der Waals surface area contributed by atoms with E-state index >= 15 is 0 Å². The highest BCUT2D eigenvalue weighted by atomic mass is 16.6. The minimum atomic E-state index is -0.666. The van der Waals surface area contributed by atoms with Crippen LogP contribution in [0.25, 0.3) is 0 Å². The Balaban J connectivity index is 1.96. The first-order valence-electron chi connectivity index (χ1n) is 8.78. The number of ether oxygens (including phenoxy) is 4. The van der Waals surface area contributed by atoms with Gasteiger partial charge in [-0.15, -0.1) is 0 Å². The number of rotatable bonds is 9. The number of aryl methyl sites for hydroxylation is 1. The Morgan fingerprint density at radius 2 is 1.63 bits per heavy atom. The summed E-state index contributed by atoms with van der Waals surface area (Å²) in [5.74, 6) is -0.226. The van der Waals surface area contributed by atoms with Crippen LogP contribution in [0.4, 0.5) is 5.69 Å². The Bertz CT molecular complexity index is 958. The highest BCUT2D eigenvalue weighted by Gasteiger charge is 2.19. The third-order valence-corrected chi connectivity index (χ3v) is 4.26. The smallest absolute Gasteiger partial charge is 0.325 e. The normalized spacial score (nSPS) is 10.1. The number of nitro benzene ring substituents is 1. The standard InChI is InChI=1S/C20H22N2O8/c1-12-7-17(28-3)18(29-4)9-14(12)11-30-19(23)10-21-20(24)13-5-6-16(27-2)15(8-13)22(25)26/h5-9H,10-11H2,1-4H3,(H,21,24). The highest BCUT2D eigenvalue weighted by molar-refractivity contribution is 5.96. The van der Waals surface area contributed by atoms with Crippen molar-refractivity contribution in [1.82, 2.24) is 5.32 Å². The van der Waals surface area contributed by atoms with E-state index in [0.717, 1.165) is 17.2 Å². The first kappa shape index (κ1) is 22.5. The maximum absolute atomic E-state index is 12.2. The summed E-state index contributed by atoms with van der Waals surface area (Å²) >= 11 is 0. The minimum Gasteiger partial charge on any atom is -0.493 e. The fraction of sp³-hybridized carbons (Fsp3) is 0.300. The number of esters is 1. The van der Waals surface area contributed by atoms with Gasteiger partial charge in [0.15, 0.2) is 17.2 Å². The van der Waals surface area contributed by atoms with Crippen LogP contribution in [-0.4, -0.2) is 44.7 Å². The first-order valence-corrected chi connectivity index (χ1v) is 8.78. The molecule has 0 aromatic heterocycles. The topological polar surface area (TPSA) is 126 Å². The molecule has 30 heavy (non-hydrogen) atoms. The number of benzene rings is 2. The van der Waals surface area contributed by atoms with Gasteiger partial charge in [0.2, 0.25) is 0 Å². The molecule has 0 atom stereocenters. The molecule has 1 amide bonds. The van der Waals surface area contributed by atoms with E-state index in [4.69, 9.17) is 18.9 Å². The van der Waals surface area contributed by atoms with Gasteiger partial charge in [-0.25, -0.2) is 0 Å². The van der Waals surface area contributed by atoms with Crippen LogP contribution in [0.3, 0.4) is 0 Å². The maximum atomic E-state index is 12.2. The van der Waals surface area contributed by atoms with Gasteiger partial charge >= 0.3 is 11.7 Å². The minimum absolute atomic E-state index is 0.0189. The van der Waals surface area contributed by atoms with Crippen molar-refractivity contribution < 1.29 is 33.5 Å². The van der Waals surface area contributed by atoms with Crippen molar-refractivity contribution >= 4 is 17.6 Å². The van der Waals surface area contributed by atoms with Crippen LogP contribution < -0.4 is 19.5 Å². The lowest BCUT2D eigenvalue weighted by Crippen LogP contribution is -2.30. The summed E-state index contributed by atoms with van der Waals surface area (Å²) in [5.41, 5.74) is 1.23. The van der Waals surface area contributed by atoms with Crippen molar-refractivity contribution in [3.8, 4) is 17.2 Å². The average Bonchev–Trinajstić information content (AvgIpc) is 2.75. The van der Waals surface area contributed by atoms with Crippen molar-refractivity contribution in [1.29, 1.82) is 0 Å². The third-order valence-electron chi connectivity index (χ3n) is 4.26. The van der Waals surface area contributed by atoms with Crippen molar-refractivity contribution in [3.63, 3.8) is 0 Å². The summed E-state index contributed by atoms with van der Waals surface area (Å²) in [5, 5.41) is 13.4. The number of methoxy groups -OCH3 is 3. The van der Waals surface area contributed by atoms with Crippen LogP contribution in [0.2, 0.25) is 0 Å². The number of hydrogen-bond donors (Lipinski definition) is 1. The van der Waals surface area contributed by atoms with Crippen LogP contribution in [0.15, 0.2) is 30.3 Å². The molecule has 0 aliphatic rings. The monoisotopic (exact) mass is 418 g/mol. The van der Waals surface area contributed by atoms with E-state index in [2.05, 4.69) is 5.32 Å². The van der Waals surface area contributed by atoms with Gasteiger partial charge in [0.25, 0.3) is 5.91 Å². The van der Waals surface area contributed by atoms with Gasteiger partial charge in [0, 0.05) is 11.6 Å². The lowest BCUT2D eigenvalue weighted by Gasteiger charge is -2.13. The molecular formula is C20H22N2O8. The van der Waals surface area contributed by atoms with Crippen molar-refractivity contribution in [2.75, 3.05) is 27.9 Å². The molecule has 10 nitrogen and oxygen atoms in total. The van der Waals surface area contributed by atoms with E-state index in [-0.39, 0.29) is 23.6 Å². The first-order chi connectivity index (χ1) is 14.3. The van der Waals surface area contributed by atoms with E-state index in [9.17, 15) is 19.7 Å². The van der Waals surface area contributed by atoms with Crippen LogP contribution in [0, 0.1) is 17.0 Å². The molecule has 0 aliphatic heterocycles. The zero-order chi connectivity index (χ0) is 22.3. The van der Waals surface area contributed by atoms with Crippen LogP contribution in [0.1, 0.15) is 21.5 Å². The lowest BCUT2D eigenvalue weighted by atomic mass is 10.1. The molecule has 1 N–H and O–H groups in total. The van der Waals surface area contributed by atoms with Crippen molar-refractivity contribution in [3.05, 3.63) is 57.1 Å². The van der Waals surface area contributed by atoms with Gasteiger partial charge < -0.3 is 24.3 Å². The van der Waals surface area contributed by atoms with E-state index in [1.807, 2.05) is 6.92 Å². The van der Waals surface area contributed by atoms with E-state index < -0.39 is 23.3 Å². The largest absolute Gasteiger partial charge is 0.493 e. The van der Waals surface area contributed by atoms with E-state index in [1.165, 1.54) is 33.5 Å². The zero-order valence-corrected chi connectivity index (χ0v) is 17.0. The van der Waals surface area contributed by atoms with E-state index in [1.54, 1.807) is 12.1 Å². The summed E-state index contributed by atoms with van der Waals surface area (Å²) in [4.78, 5) is 34.6. The molecule has 0 saturated carbocycles. The van der Waals surface area contributed by atoms with Crippen LogP contribution >= 0.6 is 0 Å². The number of nitrogens with zero attached hydrogens (tertiary/aromatic N) is 1. The second-order valence-corrected chi connectivity index (χ2v) is 6.12. The number of nitrogens with one attached hydrogen (secondary N) is 1. The SMILES string of the molecule is COc1cc(C)c(COC(=O)CNC(=O)c2ccc(OC)c([N+](=O)[O-])c2)cc1OC. The van der Waals surface area contributed by atoms with Gasteiger partial charge in [-0.3, -0.25) is 19.7 Å². The molecule has 0 radical (unpaired) electrons. The summed E-state index contributed by atoms with van der Waals surface area (Å²) < 4.78 is 20.5. The summed E-state index contributed by atoms with van der Waals surface area (Å²) in [6.45, 7) is 1.42. The molecular weight excluding hydrogens is 396 g/mol. The predicted molar refractivity (Wildman–Crippen MR) is 106 cm³/mol. The predicted octanol–water partition coefficient (Wildman–Crippen LogP) is 2.40. The molecule has 0 unspecified atom stereocenters. The van der Waals surface area contributed by atoms with Gasteiger partial charge in [0.1, 0.15) is 13.2 Å². The fourth-order valence-electron chi connectivity index (χ4n) is 2.62. The summed E-state index contributed by atoms with van der Waals surface area (Å²) in [6.07, 6.45) is 0. The van der Waals surface area contributed by atoms with Crippen molar-refractivity contribution in [2.24, 2.45) is 0 Å². The van der Waals surface area contributed by atoms with Crippen LogP contribution in [-0.2, 0) is 16.1 Å². The van der Waals surface area contributed by atoms with Crippen LogP contribution in [0.5, 0.6) is 17.2 Å². The summed E-state index contributed by atoms with van der Waals surface area (Å²) in [6, 6.07) is 7.22. The molecule has 0 heterocycles. The molecule has 160 valence electrons. The number of carbonyl (C=O) groups is 2. The number of hydrogen-bond acceptors (Lipinski definition) is 8. The Labute approximate surface area is 172 Å². The Morgan fingerprint density at radius 3 is 2.23 bits per heavy atom. The Morgan fingerprint density at radius 1 is 1.00 bits per heavy atom. The molecule has 2 aromatic rings. The molecule has 0 spiro atoms. The molecule has 0 fully saturated rings. The van der Waals surface area contributed by atoms with Gasteiger partial charge in [-0.05, 0) is 42.3 Å². The molecule has 2 rings (SSSR count).